The first-order valence-corrected chi connectivity index (χ1v) is 17.9. The zero-order valence-corrected chi connectivity index (χ0v) is 28.1. The van der Waals surface area contributed by atoms with Crippen LogP contribution in [0.25, 0.3) is 16.6 Å². The van der Waals surface area contributed by atoms with Crippen LogP contribution in [-0.2, 0) is 14.8 Å². The van der Waals surface area contributed by atoms with Gasteiger partial charge in [-0.15, -0.1) is 0 Å². The SMILES string of the molecule is CNC(=O)c1c2cc(C3CC3)c(N(CCCNC(=O)c3ccc(N4CCOCC4)nc3)S(C)(=O)=O)cc2nn1-c1ccc(Br)cc1. The van der Waals surface area contributed by atoms with Crippen LogP contribution in [0.2, 0.25) is 0 Å². The summed E-state index contributed by atoms with van der Waals surface area (Å²) in [5.41, 5.74) is 3.45. The molecule has 3 heterocycles. The number of fused-ring (bicyclic) bond motifs is 1. The van der Waals surface area contributed by atoms with Crippen LogP contribution in [0.4, 0.5) is 11.5 Å². The van der Waals surface area contributed by atoms with Gasteiger partial charge in [0.2, 0.25) is 10.0 Å². The Morgan fingerprint density at radius 2 is 1.80 bits per heavy atom. The van der Waals surface area contributed by atoms with Gasteiger partial charge in [-0.25, -0.2) is 18.1 Å². The molecular weight excluding hydrogens is 674 g/mol. The lowest BCUT2D eigenvalue weighted by Crippen LogP contribution is -2.36. The van der Waals surface area contributed by atoms with Crippen LogP contribution in [0.3, 0.4) is 0 Å². The molecule has 2 fully saturated rings. The lowest BCUT2D eigenvalue weighted by Gasteiger charge is -2.27. The Kier molecular flexibility index (Phi) is 9.29. The second-order valence-electron chi connectivity index (χ2n) is 11.5. The summed E-state index contributed by atoms with van der Waals surface area (Å²) in [4.78, 5) is 32.5. The highest BCUT2D eigenvalue weighted by molar-refractivity contribution is 9.10. The highest BCUT2D eigenvalue weighted by atomic mass is 79.9. The third-order valence-electron chi connectivity index (χ3n) is 8.19. The molecule has 2 aliphatic rings. The quantitative estimate of drug-likeness (QED) is 0.224. The molecule has 1 aliphatic carbocycles. The number of pyridine rings is 1. The zero-order chi connectivity index (χ0) is 32.4. The standard InChI is InChI=1S/C32H36BrN7O5S/c1-34-32(42)30-26-18-25(21-4-5-21)28(19-27(26)37-40(30)24-9-7-23(33)8-10-24)39(46(2,43)44)13-3-12-35-31(41)22-6-11-29(36-20-22)38-14-16-45-17-15-38/h6-11,18-21H,3-5,12-17H2,1-2H3,(H,34,42)(H,35,41). The van der Waals surface area contributed by atoms with E-state index in [2.05, 4.69) is 36.4 Å². The lowest BCUT2D eigenvalue weighted by molar-refractivity contribution is 0.0946. The molecule has 4 aromatic rings. The van der Waals surface area contributed by atoms with Crippen LogP contribution in [0, 0.1) is 0 Å². The number of morpholine rings is 1. The Morgan fingerprint density at radius 1 is 1.07 bits per heavy atom. The molecule has 46 heavy (non-hydrogen) atoms. The number of aromatic nitrogens is 3. The van der Waals surface area contributed by atoms with E-state index in [0.29, 0.717) is 53.2 Å². The summed E-state index contributed by atoms with van der Waals surface area (Å²) in [7, 11) is -2.11. The zero-order valence-electron chi connectivity index (χ0n) is 25.7. The number of amides is 2. The maximum Gasteiger partial charge on any atom is 0.270 e. The van der Waals surface area contributed by atoms with E-state index in [4.69, 9.17) is 9.84 Å². The Balaban J connectivity index is 1.22. The molecule has 0 bridgehead atoms. The predicted molar refractivity (Wildman–Crippen MR) is 181 cm³/mol. The number of carbonyl (C=O) groups is 2. The fourth-order valence-electron chi connectivity index (χ4n) is 5.67. The van der Waals surface area contributed by atoms with Crippen LogP contribution >= 0.6 is 15.9 Å². The number of anilines is 2. The van der Waals surface area contributed by atoms with Crippen molar-refractivity contribution in [3.63, 3.8) is 0 Å². The van der Waals surface area contributed by atoms with Crippen molar-refractivity contribution in [3.8, 4) is 5.69 Å². The Morgan fingerprint density at radius 3 is 2.43 bits per heavy atom. The highest BCUT2D eigenvalue weighted by Crippen LogP contribution is 2.46. The van der Waals surface area contributed by atoms with Crippen molar-refractivity contribution in [1.82, 2.24) is 25.4 Å². The van der Waals surface area contributed by atoms with Crippen molar-refractivity contribution in [2.24, 2.45) is 0 Å². The maximum absolute atomic E-state index is 13.2. The molecule has 0 unspecified atom stereocenters. The third-order valence-corrected chi connectivity index (χ3v) is 9.90. The molecule has 0 atom stereocenters. The summed E-state index contributed by atoms with van der Waals surface area (Å²) in [6.07, 6.45) is 4.99. The van der Waals surface area contributed by atoms with Crippen molar-refractivity contribution < 1.29 is 22.7 Å². The van der Waals surface area contributed by atoms with Gasteiger partial charge >= 0.3 is 0 Å². The summed E-state index contributed by atoms with van der Waals surface area (Å²) in [6.45, 7) is 3.25. The number of hydrogen-bond acceptors (Lipinski definition) is 8. The first-order chi connectivity index (χ1) is 22.1. The molecule has 0 radical (unpaired) electrons. The molecule has 2 N–H and O–H groups in total. The minimum absolute atomic E-state index is 0.161. The fourth-order valence-corrected chi connectivity index (χ4v) is 6.91. The highest BCUT2D eigenvalue weighted by Gasteiger charge is 2.32. The summed E-state index contributed by atoms with van der Waals surface area (Å²) in [5, 5.41) is 11.0. The minimum atomic E-state index is -3.69. The van der Waals surface area contributed by atoms with Gasteiger partial charge in [0.1, 0.15) is 11.5 Å². The van der Waals surface area contributed by atoms with Crippen molar-refractivity contribution >= 4 is 60.2 Å². The van der Waals surface area contributed by atoms with Crippen molar-refractivity contribution in [3.05, 3.63) is 76.0 Å². The monoisotopic (exact) mass is 709 g/mol. The van der Waals surface area contributed by atoms with E-state index >= 15 is 0 Å². The largest absolute Gasteiger partial charge is 0.378 e. The number of benzene rings is 2. The summed E-state index contributed by atoms with van der Waals surface area (Å²) >= 11 is 3.45. The van der Waals surface area contributed by atoms with Gasteiger partial charge < -0.3 is 20.3 Å². The first-order valence-electron chi connectivity index (χ1n) is 15.2. The van der Waals surface area contributed by atoms with Crippen LogP contribution in [-0.4, -0.2) is 87.7 Å². The van der Waals surface area contributed by atoms with Crippen molar-refractivity contribution in [2.75, 3.05) is 61.9 Å². The summed E-state index contributed by atoms with van der Waals surface area (Å²) in [6, 6.07) is 14.7. The van der Waals surface area contributed by atoms with Crippen LogP contribution in [0.15, 0.2) is 59.2 Å². The van der Waals surface area contributed by atoms with E-state index in [0.717, 1.165) is 41.8 Å². The van der Waals surface area contributed by atoms with E-state index in [-0.39, 0.29) is 30.8 Å². The third kappa shape index (κ3) is 6.88. The topological polar surface area (TPSA) is 139 Å². The number of halogens is 1. The number of rotatable bonds is 11. The van der Waals surface area contributed by atoms with Gasteiger partial charge in [-0.05, 0) is 79.3 Å². The van der Waals surface area contributed by atoms with E-state index in [1.807, 2.05) is 36.4 Å². The minimum Gasteiger partial charge on any atom is -0.378 e. The molecule has 14 heteroatoms. The summed E-state index contributed by atoms with van der Waals surface area (Å²) in [5.74, 6) is 0.426. The number of carbonyl (C=O) groups excluding carboxylic acids is 2. The Bertz CT molecular complexity index is 1850. The van der Waals surface area contributed by atoms with E-state index < -0.39 is 10.0 Å². The van der Waals surface area contributed by atoms with E-state index in [1.165, 1.54) is 10.6 Å². The van der Waals surface area contributed by atoms with Gasteiger partial charge in [0.25, 0.3) is 11.8 Å². The molecule has 1 saturated heterocycles. The Labute approximate surface area is 276 Å². The van der Waals surface area contributed by atoms with Crippen molar-refractivity contribution in [2.45, 2.75) is 25.2 Å². The molecule has 1 aliphatic heterocycles. The van der Waals surface area contributed by atoms with Gasteiger partial charge in [0.05, 0.1) is 41.9 Å². The Hall–Kier alpha value is -4.01. The normalized spacial score (nSPS) is 15.2. The molecular formula is C32H36BrN7O5S. The van der Waals surface area contributed by atoms with Gasteiger partial charge in [0, 0.05) is 49.3 Å². The lowest BCUT2D eigenvalue weighted by atomic mass is 10.0. The van der Waals surface area contributed by atoms with E-state index in [9.17, 15) is 18.0 Å². The van der Waals surface area contributed by atoms with E-state index in [1.54, 1.807) is 30.1 Å². The number of ether oxygens (including phenoxy) is 1. The van der Waals surface area contributed by atoms with Crippen molar-refractivity contribution in [1.29, 1.82) is 0 Å². The molecule has 1 saturated carbocycles. The van der Waals surface area contributed by atoms with Gasteiger partial charge in [-0.1, -0.05) is 15.9 Å². The number of hydrogen-bond donors (Lipinski definition) is 2. The van der Waals surface area contributed by atoms with Crippen LogP contribution in [0.1, 0.15) is 51.6 Å². The molecule has 2 aromatic heterocycles. The number of nitrogens with zero attached hydrogens (tertiary/aromatic N) is 5. The predicted octanol–water partition coefficient (Wildman–Crippen LogP) is 3.84. The molecule has 2 aromatic carbocycles. The first kappa shape index (κ1) is 32.0. The second kappa shape index (κ2) is 13.4. The molecule has 2 amide bonds. The van der Waals surface area contributed by atoms with Gasteiger partial charge in [-0.3, -0.25) is 13.9 Å². The molecule has 0 spiro atoms. The van der Waals surface area contributed by atoms with Crippen LogP contribution in [0.5, 0.6) is 0 Å². The molecule has 242 valence electrons. The molecule has 12 nitrogen and oxygen atoms in total. The number of sulfonamides is 1. The van der Waals surface area contributed by atoms with Gasteiger partial charge in [-0.2, -0.15) is 5.10 Å². The second-order valence-corrected chi connectivity index (χ2v) is 14.3. The smallest absolute Gasteiger partial charge is 0.270 e. The van der Waals surface area contributed by atoms with Gasteiger partial charge in [0.15, 0.2) is 0 Å². The fraction of sp³-hybridized carbons (Fsp3) is 0.375. The van der Waals surface area contributed by atoms with Crippen LogP contribution < -0.4 is 19.8 Å². The summed E-state index contributed by atoms with van der Waals surface area (Å²) < 4.78 is 35.6. The average molecular weight is 711 g/mol. The average Bonchev–Trinajstić information content (AvgIpc) is 3.84. The number of nitrogens with one attached hydrogen (secondary N) is 2. The maximum atomic E-state index is 13.2. The molecule has 6 rings (SSSR count).